The van der Waals surface area contributed by atoms with Gasteiger partial charge in [-0.15, -0.1) is 0 Å². The highest BCUT2D eigenvalue weighted by molar-refractivity contribution is 5.08. The van der Waals surface area contributed by atoms with Crippen molar-refractivity contribution in [1.29, 1.82) is 0 Å². The summed E-state index contributed by atoms with van der Waals surface area (Å²) in [6.45, 7) is 9.09. The number of hydrogen-bond acceptors (Lipinski definition) is 2. The van der Waals surface area contributed by atoms with E-state index < -0.39 is 0 Å². The first kappa shape index (κ1) is 9.17. The monoisotopic (exact) mass is 196 g/mol. The van der Waals surface area contributed by atoms with Crippen LogP contribution in [0.25, 0.3) is 0 Å². The van der Waals surface area contributed by atoms with Gasteiger partial charge in [0.2, 0.25) is 0 Å². The van der Waals surface area contributed by atoms with Gasteiger partial charge in [0.1, 0.15) is 0 Å². The Bertz CT molecular complexity index is 229. The molecule has 3 aliphatic heterocycles. The molecule has 3 rings (SSSR count). The summed E-state index contributed by atoms with van der Waals surface area (Å²) in [5.74, 6) is 2.78. The lowest BCUT2D eigenvalue weighted by Crippen LogP contribution is -2.39. The predicted molar refractivity (Wildman–Crippen MR) is 54.0 cm³/mol. The minimum absolute atomic E-state index is 0.403. The van der Waals surface area contributed by atoms with E-state index in [1.54, 1.807) is 0 Å². The van der Waals surface area contributed by atoms with Gasteiger partial charge in [0.15, 0.2) is 0 Å². The number of fused-ring (bicyclic) bond motifs is 5. The highest BCUT2D eigenvalue weighted by atomic mass is 16.5. The summed E-state index contributed by atoms with van der Waals surface area (Å²) in [6, 6.07) is 0. The van der Waals surface area contributed by atoms with Gasteiger partial charge in [-0.25, -0.2) is 0 Å². The molecule has 0 N–H and O–H groups in total. The first-order chi connectivity index (χ1) is 6.61. The van der Waals surface area contributed by atoms with Crippen molar-refractivity contribution in [2.75, 3.05) is 0 Å². The molecule has 0 amide bonds. The third kappa shape index (κ3) is 0.892. The van der Waals surface area contributed by atoms with Crippen molar-refractivity contribution in [3.8, 4) is 0 Å². The number of rotatable bonds is 0. The molecule has 2 heteroatoms. The molecule has 8 unspecified atom stereocenters. The van der Waals surface area contributed by atoms with Gasteiger partial charge in [0.05, 0.1) is 24.4 Å². The lowest BCUT2D eigenvalue weighted by Gasteiger charge is -2.31. The van der Waals surface area contributed by atoms with Crippen LogP contribution in [0, 0.1) is 23.7 Å². The second-order valence-electron chi connectivity index (χ2n) is 5.48. The average Bonchev–Trinajstić information content (AvgIpc) is 2.71. The summed E-state index contributed by atoms with van der Waals surface area (Å²) in [5.41, 5.74) is 0. The second-order valence-corrected chi connectivity index (χ2v) is 5.48. The Labute approximate surface area is 86.0 Å². The van der Waals surface area contributed by atoms with Crippen molar-refractivity contribution in [3.05, 3.63) is 0 Å². The van der Waals surface area contributed by atoms with Gasteiger partial charge in [-0.2, -0.15) is 0 Å². The van der Waals surface area contributed by atoms with Crippen LogP contribution in [0.3, 0.4) is 0 Å². The first-order valence-electron chi connectivity index (χ1n) is 5.92. The van der Waals surface area contributed by atoms with E-state index in [9.17, 15) is 0 Å². The number of hydrogen-bond donors (Lipinski definition) is 0. The Hall–Kier alpha value is -0.0800. The Kier molecular flexibility index (Phi) is 1.79. The van der Waals surface area contributed by atoms with Crippen LogP contribution in [0.15, 0.2) is 0 Å². The van der Waals surface area contributed by atoms with Crippen LogP contribution in [-0.4, -0.2) is 24.4 Å². The maximum Gasteiger partial charge on any atom is 0.0665 e. The lowest BCUT2D eigenvalue weighted by atomic mass is 9.68. The Morgan fingerprint density at radius 1 is 0.643 bits per heavy atom. The molecule has 3 saturated heterocycles. The molecular formula is C12H20O2. The van der Waals surface area contributed by atoms with Crippen molar-refractivity contribution >= 4 is 0 Å². The molecule has 0 radical (unpaired) electrons. The fraction of sp³-hybridized carbons (Fsp3) is 1.00. The lowest BCUT2D eigenvalue weighted by molar-refractivity contribution is -0.0195. The third-order valence-corrected chi connectivity index (χ3v) is 4.90. The second kappa shape index (κ2) is 2.73. The SMILES string of the molecule is CC1OC(C)C2C3OC(C(C)C3C)C12. The van der Waals surface area contributed by atoms with Crippen LogP contribution >= 0.6 is 0 Å². The van der Waals surface area contributed by atoms with Gasteiger partial charge in [-0.3, -0.25) is 0 Å². The zero-order valence-corrected chi connectivity index (χ0v) is 9.44. The largest absolute Gasteiger partial charge is 0.375 e. The van der Waals surface area contributed by atoms with E-state index in [2.05, 4.69) is 27.7 Å². The summed E-state index contributed by atoms with van der Waals surface area (Å²) < 4.78 is 12.1. The van der Waals surface area contributed by atoms with Gasteiger partial charge >= 0.3 is 0 Å². The quantitative estimate of drug-likeness (QED) is 0.590. The summed E-state index contributed by atoms with van der Waals surface area (Å²) in [7, 11) is 0. The molecule has 0 aromatic carbocycles. The normalized spacial score (nSPS) is 66.0. The van der Waals surface area contributed by atoms with Crippen molar-refractivity contribution in [1.82, 2.24) is 0 Å². The van der Waals surface area contributed by atoms with Gasteiger partial charge in [0.25, 0.3) is 0 Å². The zero-order chi connectivity index (χ0) is 10.0. The van der Waals surface area contributed by atoms with Crippen LogP contribution in [0.5, 0.6) is 0 Å². The minimum Gasteiger partial charge on any atom is -0.375 e. The zero-order valence-electron chi connectivity index (χ0n) is 9.44. The maximum absolute atomic E-state index is 6.12. The first-order valence-corrected chi connectivity index (χ1v) is 5.92. The molecule has 8 atom stereocenters. The molecule has 2 nitrogen and oxygen atoms in total. The predicted octanol–water partition coefficient (Wildman–Crippen LogP) is 2.08. The molecular weight excluding hydrogens is 176 g/mol. The molecule has 3 fully saturated rings. The van der Waals surface area contributed by atoms with Gasteiger partial charge in [-0.1, -0.05) is 13.8 Å². The fourth-order valence-electron chi connectivity index (χ4n) is 4.03. The smallest absolute Gasteiger partial charge is 0.0665 e. The third-order valence-electron chi connectivity index (χ3n) is 4.90. The molecule has 0 aliphatic carbocycles. The van der Waals surface area contributed by atoms with E-state index in [-0.39, 0.29) is 0 Å². The van der Waals surface area contributed by atoms with Crippen LogP contribution in [-0.2, 0) is 9.47 Å². The van der Waals surface area contributed by atoms with Crippen molar-refractivity contribution in [2.24, 2.45) is 23.7 Å². The van der Waals surface area contributed by atoms with E-state index in [0.717, 1.165) is 11.8 Å². The van der Waals surface area contributed by atoms with Crippen molar-refractivity contribution < 1.29 is 9.47 Å². The molecule has 0 aromatic heterocycles. The molecule has 14 heavy (non-hydrogen) atoms. The van der Waals surface area contributed by atoms with E-state index >= 15 is 0 Å². The van der Waals surface area contributed by atoms with E-state index in [1.165, 1.54) is 0 Å². The summed E-state index contributed by atoms with van der Waals surface area (Å²) >= 11 is 0. The highest BCUT2D eigenvalue weighted by Gasteiger charge is 2.62. The van der Waals surface area contributed by atoms with Crippen molar-refractivity contribution in [2.45, 2.75) is 52.1 Å². The van der Waals surface area contributed by atoms with Crippen LogP contribution in [0.4, 0.5) is 0 Å². The Morgan fingerprint density at radius 3 is 1.50 bits per heavy atom. The summed E-state index contributed by atoms with van der Waals surface area (Å²) in [4.78, 5) is 0. The van der Waals surface area contributed by atoms with E-state index in [4.69, 9.17) is 9.47 Å². The highest BCUT2D eigenvalue weighted by Crippen LogP contribution is 2.55. The summed E-state index contributed by atoms with van der Waals surface area (Å²) in [5, 5.41) is 0. The van der Waals surface area contributed by atoms with Gasteiger partial charge < -0.3 is 9.47 Å². The van der Waals surface area contributed by atoms with Crippen LogP contribution < -0.4 is 0 Å². The van der Waals surface area contributed by atoms with E-state index in [1.807, 2.05) is 0 Å². The van der Waals surface area contributed by atoms with Crippen LogP contribution in [0.2, 0.25) is 0 Å². The number of ether oxygens (including phenoxy) is 2. The van der Waals surface area contributed by atoms with Gasteiger partial charge in [0, 0.05) is 11.8 Å². The molecule has 0 spiro atoms. The van der Waals surface area contributed by atoms with Crippen molar-refractivity contribution in [3.63, 3.8) is 0 Å². The Balaban J connectivity index is 1.94. The molecule has 3 heterocycles. The minimum atomic E-state index is 0.403. The van der Waals surface area contributed by atoms with Crippen LogP contribution in [0.1, 0.15) is 27.7 Å². The maximum atomic E-state index is 6.12. The average molecular weight is 196 g/mol. The molecule has 3 aliphatic rings. The molecule has 0 saturated carbocycles. The summed E-state index contributed by atoms with van der Waals surface area (Å²) in [6.07, 6.45) is 1.75. The molecule has 2 bridgehead atoms. The standard InChI is InChI=1S/C12H20O2/c1-5-6(2)12-10-8(4)13-7(3)9(10)11(5)14-12/h5-12H,1-4H3. The van der Waals surface area contributed by atoms with E-state index in [0.29, 0.717) is 36.3 Å². The van der Waals surface area contributed by atoms with Gasteiger partial charge in [-0.05, 0) is 25.7 Å². The molecule has 0 aromatic rings. The topological polar surface area (TPSA) is 18.5 Å². The Morgan fingerprint density at radius 2 is 1.07 bits per heavy atom. The fourth-order valence-corrected chi connectivity index (χ4v) is 4.03. The molecule has 80 valence electrons.